The van der Waals surface area contributed by atoms with Crippen molar-refractivity contribution in [2.75, 3.05) is 18.4 Å². The molecule has 1 fully saturated rings. The third-order valence-corrected chi connectivity index (χ3v) is 2.81. The van der Waals surface area contributed by atoms with Gasteiger partial charge in [-0.05, 0) is 37.4 Å². The van der Waals surface area contributed by atoms with E-state index in [0.29, 0.717) is 6.04 Å². The van der Waals surface area contributed by atoms with Crippen molar-refractivity contribution in [2.24, 2.45) is 0 Å². The van der Waals surface area contributed by atoms with Crippen LogP contribution < -0.4 is 10.6 Å². The molecule has 2 N–H and O–H groups in total. The van der Waals surface area contributed by atoms with E-state index < -0.39 is 0 Å². The average molecular weight is 205 g/mol. The van der Waals surface area contributed by atoms with Crippen molar-refractivity contribution in [2.45, 2.75) is 32.2 Å². The SMILES string of the molecule is CCCNc1ccc(C2CCCN2)cn1. The Bertz CT molecular complexity index is 288. The number of anilines is 1. The van der Waals surface area contributed by atoms with E-state index in [0.717, 1.165) is 25.3 Å². The molecule has 0 aliphatic carbocycles. The lowest BCUT2D eigenvalue weighted by molar-refractivity contribution is 0.645. The molecular weight excluding hydrogens is 186 g/mol. The van der Waals surface area contributed by atoms with E-state index in [1.165, 1.54) is 18.4 Å². The summed E-state index contributed by atoms with van der Waals surface area (Å²) < 4.78 is 0. The molecule has 1 saturated heterocycles. The lowest BCUT2D eigenvalue weighted by Gasteiger charge is -2.10. The van der Waals surface area contributed by atoms with Crippen molar-refractivity contribution in [1.82, 2.24) is 10.3 Å². The number of nitrogens with one attached hydrogen (secondary N) is 2. The first kappa shape index (κ1) is 10.4. The lowest BCUT2D eigenvalue weighted by atomic mass is 10.1. The van der Waals surface area contributed by atoms with Gasteiger partial charge in [0.2, 0.25) is 0 Å². The Morgan fingerprint density at radius 3 is 3.07 bits per heavy atom. The second kappa shape index (κ2) is 5.12. The fraction of sp³-hybridized carbons (Fsp3) is 0.583. The first-order valence-electron chi connectivity index (χ1n) is 5.83. The van der Waals surface area contributed by atoms with Crippen LogP contribution in [0.5, 0.6) is 0 Å². The van der Waals surface area contributed by atoms with Gasteiger partial charge in [0.15, 0.2) is 0 Å². The van der Waals surface area contributed by atoms with E-state index in [1.54, 1.807) is 0 Å². The van der Waals surface area contributed by atoms with Crippen LogP contribution in [0.25, 0.3) is 0 Å². The summed E-state index contributed by atoms with van der Waals surface area (Å²) in [5.74, 6) is 0.985. The van der Waals surface area contributed by atoms with Gasteiger partial charge in [-0.1, -0.05) is 13.0 Å². The Morgan fingerprint density at radius 2 is 2.47 bits per heavy atom. The lowest BCUT2D eigenvalue weighted by Crippen LogP contribution is -2.13. The standard InChI is InChI=1S/C12H19N3/c1-2-7-14-12-6-5-10(9-15-12)11-4-3-8-13-11/h5-6,9,11,13H,2-4,7-8H2,1H3,(H,14,15). The molecule has 2 rings (SSSR count). The zero-order valence-electron chi connectivity index (χ0n) is 9.29. The Balaban J connectivity index is 1.96. The summed E-state index contributed by atoms with van der Waals surface area (Å²) in [5, 5.41) is 6.76. The number of rotatable bonds is 4. The van der Waals surface area contributed by atoms with Gasteiger partial charge in [0.1, 0.15) is 5.82 Å². The zero-order valence-corrected chi connectivity index (χ0v) is 9.29. The highest BCUT2D eigenvalue weighted by atomic mass is 15.0. The van der Waals surface area contributed by atoms with Crippen molar-refractivity contribution >= 4 is 5.82 Å². The molecule has 15 heavy (non-hydrogen) atoms. The van der Waals surface area contributed by atoms with E-state index >= 15 is 0 Å². The molecule has 2 heterocycles. The summed E-state index contributed by atoms with van der Waals surface area (Å²) >= 11 is 0. The molecular formula is C12H19N3. The molecule has 1 unspecified atom stereocenters. The third kappa shape index (κ3) is 2.69. The van der Waals surface area contributed by atoms with Crippen LogP contribution in [-0.4, -0.2) is 18.1 Å². The Kier molecular flexibility index (Phi) is 3.56. The maximum absolute atomic E-state index is 4.41. The summed E-state index contributed by atoms with van der Waals surface area (Å²) in [6.45, 7) is 4.29. The summed E-state index contributed by atoms with van der Waals surface area (Å²) in [4.78, 5) is 4.41. The highest BCUT2D eigenvalue weighted by Gasteiger charge is 2.15. The minimum Gasteiger partial charge on any atom is -0.370 e. The first-order valence-corrected chi connectivity index (χ1v) is 5.83. The van der Waals surface area contributed by atoms with Crippen LogP contribution in [0.1, 0.15) is 37.8 Å². The van der Waals surface area contributed by atoms with Crippen LogP contribution >= 0.6 is 0 Å². The summed E-state index contributed by atoms with van der Waals surface area (Å²) in [6, 6.07) is 4.77. The monoisotopic (exact) mass is 205 g/mol. The molecule has 0 saturated carbocycles. The van der Waals surface area contributed by atoms with Gasteiger partial charge in [0.05, 0.1) is 0 Å². The van der Waals surface area contributed by atoms with Crippen molar-refractivity contribution < 1.29 is 0 Å². The third-order valence-electron chi connectivity index (χ3n) is 2.81. The second-order valence-corrected chi connectivity index (χ2v) is 4.05. The predicted molar refractivity (Wildman–Crippen MR) is 63.0 cm³/mol. The molecule has 0 spiro atoms. The fourth-order valence-corrected chi connectivity index (χ4v) is 1.94. The van der Waals surface area contributed by atoms with Crippen molar-refractivity contribution in [1.29, 1.82) is 0 Å². The van der Waals surface area contributed by atoms with Crippen LogP contribution in [0.4, 0.5) is 5.82 Å². The summed E-state index contributed by atoms with van der Waals surface area (Å²) in [7, 11) is 0. The Morgan fingerprint density at radius 1 is 1.53 bits per heavy atom. The van der Waals surface area contributed by atoms with Gasteiger partial charge in [0, 0.05) is 18.8 Å². The molecule has 1 atom stereocenters. The van der Waals surface area contributed by atoms with Crippen LogP contribution in [0.15, 0.2) is 18.3 Å². The van der Waals surface area contributed by atoms with Gasteiger partial charge < -0.3 is 10.6 Å². The molecule has 3 heteroatoms. The molecule has 1 aromatic rings. The van der Waals surface area contributed by atoms with E-state index in [-0.39, 0.29) is 0 Å². The van der Waals surface area contributed by atoms with Crippen molar-refractivity contribution in [3.8, 4) is 0 Å². The highest BCUT2D eigenvalue weighted by Crippen LogP contribution is 2.22. The quantitative estimate of drug-likeness (QED) is 0.792. The molecule has 1 aromatic heterocycles. The smallest absolute Gasteiger partial charge is 0.125 e. The number of aromatic nitrogens is 1. The highest BCUT2D eigenvalue weighted by molar-refractivity contribution is 5.36. The molecule has 3 nitrogen and oxygen atoms in total. The van der Waals surface area contributed by atoms with Gasteiger partial charge in [0.25, 0.3) is 0 Å². The van der Waals surface area contributed by atoms with Crippen LogP contribution in [0.2, 0.25) is 0 Å². The minimum absolute atomic E-state index is 0.526. The molecule has 82 valence electrons. The summed E-state index contributed by atoms with van der Waals surface area (Å²) in [5.41, 5.74) is 1.31. The maximum Gasteiger partial charge on any atom is 0.125 e. The number of nitrogens with zero attached hydrogens (tertiary/aromatic N) is 1. The number of hydrogen-bond donors (Lipinski definition) is 2. The predicted octanol–water partition coefficient (Wildman–Crippen LogP) is 2.33. The average Bonchev–Trinajstić information content (AvgIpc) is 2.80. The van der Waals surface area contributed by atoms with Gasteiger partial charge in [-0.2, -0.15) is 0 Å². The zero-order chi connectivity index (χ0) is 10.5. The van der Waals surface area contributed by atoms with Crippen LogP contribution in [0, 0.1) is 0 Å². The largest absolute Gasteiger partial charge is 0.370 e. The normalized spacial score (nSPS) is 20.5. The van der Waals surface area contributed by atoms with Gasteiger partial charge in [-0.3, -0.25) is 0 Å². The Labute approximate surface area is 91.3 Å². The van der Waals surface area contributed by atoms with Crippen molar-refractivity contribution in [3.63, 3.8) is 0 Å². The Hall–Kier alpha value is -1.09. The van der Waals surface area contributed by atoms with Crippen molar-refractivity contribution in [3.05, 3.63) is 23.9 Å². The van der Waals surface area contributed by atoms with Crippen LogP contribution in [0.3, 0.4) is 0 Å². The molecule has 1 aliphatic heterocycles. The maximum atomic E-state index is 4.41. The number of hydrogen-bond acceptors (Lipinski definition) is 3. The first-order chi connectivity index (χ1) is 7.40. The van der Waals surface area contributed by atoms with E-state index in [1.807, 2.05) is 6.20 Å². The van der Waals surface area contributed by atoms with E-state index in [9.17, 15) is 0 Å². The molecule has 0 radical (unpaired) electrons. The van der Waals surface area contributed by atoms with Crippen LogP contribution in [-0.2, 0) is 0 Å². The molecule has 0 aromatic carbocycles. The molecule has 1 aliphatic rings. The van der Waals surface area contributed by atoms with Gasteiger partial charge in [-0.15, -0.1) is 0 Å². The molecule has 0 bridgehead atoms. The van der Waals surface area contributed by atoms with E-state index in [4.69, 9.17) is 0 Å². The minimum atomic E-state index is 0.526. The van der Waals surface area contributed by atoms with E-state index in [2.05, 4.69) is 34.7 Å². The topological polar surface area (TPSA) is 37.0 Å². The molecule has 0 amide bonds. The van der Waals surface area contributed by atoms with Gasteiger partial charge >= 0.3 is 0 Å². The second-order valence-electron chi connectivity index (χ2n) is 4.05. The fourth-order valence-electron chi connectivity index (χ4n) is 1.94. The number of pyridine rings is 1. The van der Waals surface area contributed by atoms with Gasteiger partial charge in [-0.25, -0.2) is 4.98 Å². The summed E-state index contributed by atoms with van der Waals surface area (Å²) in [6.07, 6.45) is 5.64.